The lowest BCUT2D eigenvalue weighted by Gasteiger charge is -2.10. The molecule has 0 spiro atoms. The maximum absolute atomic E-state index is 5.64. The minimum absolute atomic E-state index is 0.696. The van der Waals surface area contributed by atoms with Crippen LogP contribution in [0.25, 0.3) is 0 Å². The van der Waals surface area contributed by atoms with E-state index in [1.165, 1.54) is 0 Å². The molecule has 0 saturated heterocycles. The summed E-state index contributed by atoms with van der Waals surface area (Å²) in [6.07, 6.45) is 0. The highest BCUT2D eigenvalue weighted by Crippen LogP contribution is 2.11. The van der Waals surface area contributed by atoms with Gasteiger partial charge in [-0.3, -0.25) is 0 Å². The van der Waals surface area contributed by atoms with Crippen molar-refractivity contribution in [2.75, 3.05) is 27.2 Å². The van der Waals surface area contributed by atoms with Gasteiger partial charge in [-0.2, -0.15) is 0 Å². The van der Waals surface area contributed by atoms with E-state index in [1.54, 1.807) is 0 Å². The fraction of sp³-hybridized carbons (Fsp3) is 0.222. The van der Waals surface area contributed by atoms with Gasteiger partial charge in [-0.05, 0) is 50.5 Å². The summed E-state index contributed by atoms with van der Waals surface area (Å²) in [5, 5.41) is 0. The van der Waals surface area contributed by atoms with Gasteiger partial charge in [-0.25, -0.2) is 0 Å². The van der Waals surface area contributed by atoms with Crippen LogP contribution in [0.2, 0.25) is 0 Å². The fourth-order valence-electron chi connectivity index (χ4n) is 1.65. The second-order valence-corrected chi connectivity index (χ2v) is 4.79. The topological polar surface area (TPSA) is 12.5 Å². The van der Waals surface area contributed by atoms with Gasteiger partial charge in [0.2, 0.25) is 0 Å². The molecule has 0 fully saturated rings. The molecule has 0 aromatic heterocycles. The smallest absolute Gasteiger partial charge is 0.119 e. The zero-order valence-electron chi connectivity index (χ0n) is 12.0. The van der Waals surface area contributed by atoms with Crippen LogP contribution in [0.3, 0.4) is 0 Å². The summed E-state index contributed by atoms with van der Waals surface area (Å²) >= 11 is 0. The van der Waals surface area contributed by atoms with Crippen molar-refractivity contribution in [3.63, 3.8) is 0 Å². The lowest BCUT2D eigenvalue weighted by atomic mass is 10.2. The Hall–Kier alpha value is -2.24. The van der Waals surface area contributed by atoms with E-state index in [0.29, 0.717) is 6.61 Å². The molecule has 0 saturated carbocycles. The van der Waals surface area contributed by atoms with Crippen molar-refractivity contribution in [2.45, 2.75) is 0 Å². The minimum Gasteiger partial charge on any atom is -0.492 e. The first-order valence-corrected chi connectivity index (χ1v) is 6.69. The third kappa shape index (κ3) is 4.79. The van der Waals surface area contributed by atoms with Crippen molar-refractivity contribution < 1.29 is 4.74 Å². The zero-order chi connectivity index (χ0) is 14.2. The summed E-state index contributed by atoms with van der Waals surface area (Å²) in [5.41, 5.74) is 2.02. The highest BCUT2D eigenvalue weighted by atomic mass is 16.5. The molecule has 0 amide bonds. The van der Waals surface area contributed by atoms with Gasteiger partial charge in [-0.1, -0.05) is 30.0 Å². The van der Waals surface area contributed by atoms with E-state index in [9.17, 15) is 0 Å². The van der Waals surface area contributed by atoms with Crippen LogP contribution in [0.15, 0.2) is 54.6 Å². The molecular weight excluding hydrogens is 246 g/mol. The lowest BCUT2D eigenvalue weighted by Crippen LogP contribution is -2.19. The molecule has 0 unspecified atom stereocenters. The van der Waals surface area contributed by atoms with Crippen LogP contribution in [0.4, 0.5) is 0 Å². The molecule has 0 bridgehead atoms. The standard InChI is InChI=1S/C18H19NO/c1-19(2)14-15-20-18-12-10-17(11-13-18)9-8-16-6-4-3-5-7-16/h3-7,10-13H,14-15H2,1-2H3. The van der Waals surface area contributed by atoms with E-state index in [2.05, 4.69) is 16.7 Å². The Morgan fingerprint density at radius 1 is 0.850 bits per heavy atom. The third-order valence-corrected chi connectivity index (χ3v) is 2.79. The molecule has 2 heteroatoms. The van der Waals surface area contributed by atoms with Gasteiger partial charge >= 0.3 is 0 Å². The normalized spacial score (nSPS) is 9.95. The molecule has 0 N–H and O–H groups in total. The first-order valence-electron chi connectivity index (χ1n) is 6.69. The van der Waals surface area contributed by atoms with E-state index in [0.717, 1.165) is 23.4 Å². The largest absolute Gasteiger partial charge is 0.492 e. The number of ether oxygens (including phenoxy) is 1. The average molecular weight is 265 g/mol. The summed E-state index contributed by atoms with van der Waals surface area (Å²) in [6.45, 7) is 1.61. The van der Waals surface area contributed by atoms with Gasteiger partial charge < -0.3 is 9.64 Å². The first-order chi connectivity index (χ1) is 9.74. The molecule has 0 aliphatic heterocycles. The molecule has 0 aliphatic carbocycles. The number of benzene rings is 2. The highest BCUT2D eigenvalue weighted by Gasteiger charge is 1.95. The number of hydrogen-bond acceptors (Lipinski definition) is 2. The van der Waals surface area contributed by atoms with Crippen LogP contribution in [0.5, 0.6) is 5.75 Å². The Balaban J connectivity index is 1.93. The Kier molecular flexibility index (Phi) is 5.23. The van der Waals surface area contributed by atoms with Gasteiger partial charge in [0.25, 0.3) is 0 Å². The number of rotatable bonds is 4. The summed E-state index contributed by atoms with van der Waals surface area (Å²) in [5.74, 6) is 7.18. The summed E-state index contributed by atoms with van der Waals surface area (Å²) in [6, 6.07) is 17.9. The van der Waals surface area contributed by atoms with Gasteiger partial charge in [-0.15, -0.1) is 0 Å². The maximum atomic E-state index is 5.64. The summed E-state index contributed by atoms with van der Waals surface area (Å²) in [7, 11) is 4.07. The summed E-state index contributed by atoms with van der Waals surface area (Å²) < 4.78 is 5.64. The molecule has 102 valence electrons. The molecule has 2 rings (SSSR count). The van der Waals surface area contributed by atoms with Crippen LogP contribution in [-0.4, -0.2) is 32.1 Å². The van der Waals surface area contributed by atoms with Crippen molar-refractivity contribution in [2.24, 2.45) is 0 Å². The van der Waals surface area contributed by atoms with E-state index in [-0.39, 0.29) is 0 Å². The molecule has 20 heavy (non-hydrogen) atoms. The highest BCUT2D eigenvalue weighted by molar-refractivity contribution is 5.44. The molecular formula is C18H19NO. The van der Waals surface area contributed by atoms with Crippen molar-refractivity contribution >= 4 is 0 Å². The monoisotopic (exact) mass is 265 g/mol. The molecule has 0 radical (unpaired) electrons. The second kappa shape index (κ2) is 7.37. The fourth-order valence-corrected chi connectivity index (χ4v) is 1.65. The average Bonchev–Trinajstić information content (AvgIpc) is 2.47. The molecule has 0 aliphatic rings. The quantitative estimate of drug-likeness (QED) is 0.788. The van der Waals surface area contributed by atoms with Gasteiger partial charge in [0.15, 0.2) is 0 Å². The van der Waals surface area contributed by atoms with Crippen molar-refractivity contribution in [3.8, 4) is 17.6 Å². The van der Waals surface area contributed by atoms with Crippen LogP contribution in [0.1, 0.15) is 11.1 Å². The molecule has 0 heterocycles. The third-order valence-electron chi connectivity index (χ3n) is 2.79. The minimum atomic E-state index is 0.696. The maximum Gasteiger partial charge on any atom is 0.119 e. The van der Waals surface area contributed by atoms with Crippen LogP contribution in [0, 0.1) is 11.8 Å². The Labute approximate surface area is 121 Å². The Morgan fingerprint density at radius 3 is 2.05 bits per heavy atom. The van der Waals surface area contributed by atoms with Crippen LogP contribution in [-0.2, 0) is 0 Å². The van der Waals surface area contributed by atoms with E-state index in [1.807, 2.05) is 68.7 Å². The van der Waals surface area contributed by atoms with E-state index < -0.39 is 0 Å². The number of hydrogen-bond donors (Lipinski definition) is 0. The van der Waals surface area contributed by atoms with E-state index in [4.69, 9.17) is 4.74 Å². The zero-order valence-corrected chi connectivity index (χ0v) is 12.0. The SMILES string of the molecule is CN(C)CCOc1ccc(C#Cc2ccccc2)cc1. The second-order valence-electron chi connectivity index (χ2n) is 4.79. The summed E-state index contributed by atoms with van der Waals surface area (Å²) in [4.78, 5) is 2.10. The van der Waals surface area contributed by atoms with Crippen molar-refractivity contribution in [1.82, 2.24) is 4.90 Å². The first kappa shape index (κ1) is 14.2. The van der Waals surface area contributed by atoms with Gasteiger partial charge in [0.1, 0.15) is 12.4 Å². The number of nitrogens with zero attached hydrogens (tertiary/aromatic N) is 1. The Bertz CT molecular complexity index is 576. The molecule has 0 atom stereocenters. The van der Waals surface area contributed by atoms with Gasteiger partial charge in [0, 0.05) is 17.7 Å². The van der Waals surface area contributed by atoms with Crippen molar-refractivity contribution in [3.05, 3.63) is 65.7 Å². The molecule has 2 aromatic carbocycles. The predicted octanol–water partition coefficient (Wildman–Crippen LogP) is 3.03. The molecule has 2 nitrogen and oxygen atoms in total. The van der Waals surface area contributed by atoms with E-state index >= 15 is 0 Å². The van der Waals surface area contributed by atoms with Gasteiger partial charge in [0.05, 0.1) is 0 Å². The Morgan fingerprint density at radius 2 is 1.45 bits per heavy atom. The predicted molar refractivity (Wildman–Crippen MR) is 82.9 cm³/mol. The molecule has 2 aromatic rings. The van der Waals surface area contributed by atoms with Crippen LogP contribution < -0.4 is 4.74 Å². The number of likely N-dealkylation sites (N-methyl/N-ethyl adjacent to an activating group) is 1. The lowest BCUT2D eigenvalue weighted by molar-refractivity contribution is 0.261. The van der Waals surface area contributed by atoms with Crippen LogP contribution >= 0.6 is 0 Å². The van der Waals surface area contributed by atoms with Crippen molar-refractivity contribution in [1.29, 1.82) is 0 Å².